The van der Waals surface area contributed by atoms with E-state index in [1.165, 1.54) is 0 Å². The van der Waals surface area contributed by atoms with Gasteiger partial charge >= 0.3 is 0 Å². The fraction of sp³-hybridized carbons (Fsp3) is 0.800. The first-order chi connectivity index (χ1) is 4.22. The fourth-order valence-electron chi connectivity index (χ4n) is 0.497. The molecule has 1 atom stereocenters. The van der Waals surface area contributed by atoms with Crippen molar-refractivity contribution >= 4 is 5.91 Å². The van der Waals surface area contributed by atoms with Crippen molar-refractivity contribution in [3.05, 3.63) is 0 Å². The highest BCUT2D eigenvalue weighted by Gasteiger charge is 2.12. The summed E-state index contributed by atoms with van der Waals surface area (Å²) in [5, 5.41) is 0. The van der Waals surface area contributed by atoms with Gasteiger partial charge in [0, 0.05) is 0 Å². The molecule has 3 nitrogen and oxygen atoms in total. The second-order valence-corrected chi connectivity index (χ2v) is 1.83. The summed E-state index contributed by atoms with van der Waals surface area (Å²) in [6.45, 7) is -0.399. The van der Waals surface area contributed by atoms with Crippen molar-refractivity contribution in [1.82, 2.24) is 0 Å². The van der Waals surface area contributed by atoms with Gasteiger partial charge in [-0.2, -0.15) is 0 Å². The van der Waals surface area contributed by atoms with Crippen LogP contribution in [0.25, 0.3) is 0 Å². The molecule has 0 bridgehead atoms. The second-order valence-electron chi connectivity index (χ2n) is 1.83. The Morgan fingerprint density at radius 2 is 2.22 bits per heavy atom. The van der Waals surface area contributed by atoms with Crippen LogP contribution < -0.4 is 11.5 Å². The number of hydrogen-bond acceptors (Lipinski definition) is 2. The number of hydrogen-bond donors (Lipinski definition) is 2. The summed E-state index contributed by atoms with van der Waals surface area (Å²) in [6.07, 6.45) is 0.339. The van der Waals surface area contributed by atoms with E-state index in [4.69, 9.17) is 11.5 Å². The van der Waals surface area contributed by atoms with Gasteiger partial charge in [0.2, 0.25) is 5.91 Å². The summed E-state index contributed by atoms with van der Waals surface area (Å²) in [5.41, 5.74) is 9.87. The van der Waals surface area contributed by atoms with Crippen LogP contribution >= 0.6 is 0 Å². The quantitative estimate of drug-likeness (QED) is 0.539. The largest absolute Gasteiger partial charge is 0.369 e. The Balaban J connectivity index is 3.54. The van der Waals surface area contributed by atoms with Crippen LogP contribution in [0.5, 0.6) is 0 Å². The van der Waals surface area contributed by atoms with Crippen LogP contribution in [0.4, 0.5) is 4.39 Å². The fourth-order valence-corrected chi connectivity index (χ4v) is 0.497. The first-order valence-corrected chi connectivity index (χ1v) is 2.77. The van der Waals surface area contributed by atoms with E-state index in [1.54, 1.807) is 0 Å². The Bertz CT molecular complexity index is 97.0. The van der Waals surface area contributed by atoms with Crippen molar-refractivity contribution in [3.63, 3.8) is 0 Å². The molecule has 0 radical (unpaired) electrons. The molecule has 1 amide bonds. The molecule has 0 aliphatic heterocycles. The molecule has 0 fully saturated rings. The lowest BCUT2D eigenvalue weighted by molar-refractivity contribution is -0.122. The summed E-state index contributed by atoms with van der Waals surface area (Å²) in [4.78, 5) is 10.2. The molecule has 4 N–H and O–H groups in total. The Kier molecular flexibility index (Phi) is 3.96. The van der Waals surface area contributed by atoms with E-state index in [-0.39, 0.29) is 0 Å². The average molecular weight is 134 g/mol. The van der Waals surface area contributed by atoms with Gasteiger partial charge in [0.05, 0.1) is 5.92 Å². The predicted octanol–water partition coefficient (Wildman–Crippen LogP) is -0.594. The lowest BCUT2D eigenvalue weighted by Crippen LogP contribution is -2.26. The molecule has 4 heteroatoms. The van der Waals surface area contributed by atoms with Gasteiger partial charge in [-0.15, -0.1) is 0 Å². The number of carbonyl (C=O) groups is 1. The van der Waals surface area contributed by atoms with E-state index in [0.29, 0.717) is 13.0 Å². The third kappa shape index (κ3) is 3.03. The zero-order valence-electron chi connectivity index (χ0n) is 5.14. The zero-order chi connectivity index (χ0) is 7.28. The minimum absolute atomic E-state index is 0.303. The summed E-state index contributed by atoms with van der Waals surface area (Å²) in [6, 6.07) is 0. The van der Waals surface area contributed by atoms with Gasteiger partial charge in [-0.3, -0.25) is 9.18 Å². The number of rotatable bonds is 4. The number of nitrogens with two attached hydrogens (primary N) is 2. The van der Waals surface area contributed by atoms with Crippen LogP contribution in [0.3, 0.4) is 0 Å². The summed E-state index contributed by atoms with van der Waals surface area (Å²) in [5.74, 6) is -1.29. The molecule has 0 heterocycles. The van der Waals surface area contributed by atoms with Gasteiger partial charge in [-0.05, 0) is 13.0 Å². The van der Waals surface area contributed by atoms with Crippen molar-refractivity contribution in [3.8, 4) is 0 Å². The third-order valence-electron chi connectivity index (χ3n) is 1.10. The molecule has 0 aromatic carbocycles. The smallest absolute Gasteiger partial charge is 0.223 e. The highest BCUT2D eigenvalue weighted by Crippen LogP contribution is 2.00. The Labute approximate surface area is 53.2 Å². The number of primary amides is 1. The van der Waals surface area contributed by atoms with Crippen molar-refractivity contribution < 1.29 is 9.18 Å². The van der Waals surface area contributed by atoms with Crippen LogP contribution in [-0.2, 0) is 4.79 Å². The van der Waals surface area contributed by atoms with Crippen LogP contribution in [-0.4, -0.2) is 19.1 Å². The first kappa shape index (κ1) is 8.36. The van der Waals surface area contributed by atoms with Crippen molar-refractivity contribution in [2.75, 3.05) is 13.2 Å². The van der Waals surface area contributed by atoms with Gasteiger partial charge in [-0.25, -0.2) is 0 Å². The summed E-state index contributed by atoms with van der Waals surface area (Å²) >= 11 is 0. The molecule has 9 heavy (non-hydrogen) atoms. The molecule has 54 valence electrons. The van der Waals surface area contributed by atoms with Crippen LogP contribution in [0.1, 0.15) is 6.42 Å². The van der Waals surface area contributed by atoms with Gasteiger partial charge in [0.25, 0.3) is 0 Å². The maximum Gasteiger partial charge on any atom is 0.223 e. The number of alkyl halides is 1. The van der Waals surface area contributed by atoms with E-state index in [0.717, 1.165) is 0 Å². The van der Waals surface area contributed by atoms with Crippen LogP contribution in [0.2, 0.25) is 0 Å². The minimum Gasteiger partial charge on any atom is -0.369 e. The molecular weight excluding hydrogens is 123 g/mol. The lowest BCUT2D eigenvalue weighted by Gasteiger charge is -2.04. The molecule has 0 saturated heterocycles. The number of carbonyl (C=O) groups excluding carboxylic acids is 1. The van der Waals surface area contributed by atoms with E-state index < -0.39 is 18.5 Å². The van der Waals surface area contributed by atoms with E-state index >= 15 is 0 Å². The minimum atomic E-state index is -0.702. The van der Waals surface area contributed by atoms with Crippen molar-refractivity contribution in [1.29, 1.82) is 0 Å². The molecule has 0 aromatic rings. The average Bonchev–Trinajstić information content (AvgIpc) is 1.82. The van der Waals surface area contributed by atoms with Crippen molar-refractivity contribution in [2.24, 2.45) is 17.4 Å². The maximum atomic E-state index is 11.7. The monoisotopic (exact) mass is 134 g/mol. The van der Waals surface area contributed by atoms with Crippen LogP contribution in [0.15, 0.2) is 0 Å². The summed E-state index contributed by atoms with van der Waals surface area (Å²) < 4.78 is 11.7. The molecule has 0 saturated carbocycles. The van der Waals surface area contributed by atoms with Gasteiger partial charge in [0.1, 0.15) is 6.67 Å². The highest BCUT2D eigenvalue weighted by atomic mass is 19.1. The molecule has 0 rings (SSSR count). The van der Waals surface area contributed by atoms with Crippen molar-refractivity contribution in [2.45, 2.75) is 6.42 Å². The van der Waals surface area contributed by atoms with E-state index in [2.05, 4.69) is 0 Å². The normalized spacial score (nSPS) is 13.1. The molecule has 0 aromatic heterocycles. The lowest BCUT2D eigenvalue weighted by atomic mass is 10.1. The molecular formula is C5H11FN2O. The zero-order valence-corrected chi connectivity index (χ0v) is 5.14. The third-order valence-corrected chi connectivity index (χ3v) is 1.10. The Morgan fingerprint density at radius 3 is 2.33 bits per heavy atom. The summed E-state index contributed by atoms with van der Waals surface area (Å²) in [7, 11) is 0. The molecule has 0 spiro atoms. The standard InChI is InChI=1S/C5H11FN2O/c6-3-4(1-2-7)5(8)9/h4H,1-3,7H2,(H2,8,9). The second kappa shape index (κ2) is 4.26. The number of halogens is 1. The predicted molar refractivity (Wildman–Crippen MR) is 32.3 cm³/mol. The van der Waals surface area contributed by atoms with Gasteiger partial charge in [-0.1, -0.05) is 0 Å². The van der Waals surface area contributed by atoms with Gasteiger partial charge in [0.15, 0.2) is 0 Å². The molecule has 0 aliphatic carbocycles. The maximum absolute atomic E-state index is 11.7. The first-order valence-electron chi connectivity index (χ1n) is 2.77. The Hall–Kier alpha value is -0.640. The Morgan fingerprint density at radius 1 is 1.67 bits per heavy atom. The van der Waals surface area contributed by atoms with E-state index in [9.17, 15) is 9.18 Å². The highest BCUT2D eigenvalue weighted by molar-refractivity contribution is 5.76. The molecule has 0 aliphatic rings. The molecule has 1 unspecified atom stereocenters. The topological polar surface area (TPSA) is 69.1 Å². The van der Waals surface area contributed by atoms with Gasteiger partial charge < -0.3 is 11.5 Å². The SMILES string of the molecule is NCCC(CF)C(N)=O. The van der Waals surface area contributed by atoms with Crippen LogP contribution in [0, 0.1) is 5.92 Å². The van der Waals surface area contributed by atoms with E-state index in [1.807, 2.05) is 0 Å². The number of amides is 1.